The monoisotopic (exact) mass is 234 g/mol. The lowest BCUT2D eigenvalue weighted by Crippen LogP contribution is -2.03. The molecule has 17 heavy (non-hydrogen) atoms. The minimum atomic E-state index is -0.458. The molecule has 0 radical (unpaired) electrons. The molecule has 0 atom stereocenters. The van der Waals surface area contributed by atoms with Gasteiger partial charge in [0.1, 0.15) is 19.0 Å². The molecule has 0 spiro atoms. The summed E-state index contributed by atoms with van der Waals surface area (Å²) in [7, 11) is 0. The molecule has 92 valence electrons. The van der Waals surface area contributed by atoms with Crippen molar-refractivity contribution >= 4 is 5.78 Å². The topological polar surface area (TPSA) is 46.5 Å². The second-order valence-corrected chi connectivity index (χ2v) is 3.68. The van der Waals surface area contributed by atoms with E-state index in [0.29, 0.717) is 12.2 Å². The Labute approximate surface area is 102 Å². The lowest BCUT2D eigenvalue weighted by Gasteiger charge is -2.03. The Morgan fingerprint density at radius 2 is 2.00 bits per heavy atom. The van der Waals surface area contributed by atoms with Crippen molar-refractivity contribution in [1.29, 1.82) is 0 Å². The van der Waals surface area contributed by atoms with Gasteiger partial charge in [-0.1, -0.05) is 25.5 Å². The van der Waals surface area contributed by atoms with E-state index in [4.69, 9.17) is 9.84 Å². The number of aliphatic hydroxyl groups is 1. The Hall–Kier alpha value is -1.61. The zero-order valence-electron chi connectivity index (χ0n) is 10.1. The number of hydrogen-bond acceptors (Lipinski definition) is 3. The first-order valence-corrected chi connectivity index (χ1v) is 5.80. The highest BCUT2D eigenvalue weighted by Crippen LogP contribution is 2.12. The fraction of sp³-hybridized carbons (Fsp3) is 0.357. The van der Waals surface area contributed by atoms with Crippen LogP contribution in [-0.4, -0.2) is 24.1 Å². The first-order chi connectivity index (χ1) is 8.27. The van der Waals surface area contributed by atoms with Gasteiger partial charge in [-0.2, -0.15) is 0 Å². The van der Waals surface area contributed by atoms with Crippen LogP contribution in [0.1, 0.15) is 30.1 Å². The third-order valence-electron chi connectivity index (χ3n) is 2.29. The van der Waals surface area contributed by atoms with Crippen molar-refractivity contribution in [3.63, 3.8) is 0 Å². The molecule has 1 aromatic carbocycles. The summed E-state index contributed by atoms with van der Waals surface area (Å²) in [4.78, 5) is 11.2. The zero-order valence-corrected chi connectivity index (χ0v) is 10.1. The van der Waals surface area contributed by atoms with Gasteiger partial charge in [0, 0.05) is 5.56 Å². The summed E-state index contributed by atoms with van der Waals surface area (Å²) in [5, 5.41) is 8.69. The van der Waals surface area contributed by atoms with Gasteiger partial charge in [-0.05, 0) is 30.7 Å². The standard InChI is InChI=1S/C14H18O3/c1-2-3-4-5-10-17-13-8-6-12(7-9-13)14(16)11-15/h4-9,15H,2-3,10-11H2,1H3. The number of allylic oxidation sites excluding steroid dienone is 1. The smallest absolute Gasteiger partial charge is 0.188 e. The summed E-state index contributed by atoms with van der Waals surface area (Å²) in [6.45, 7) is 2.20. The lowest BCUT2D eigenvalue weighted by atomic mass is 10.1. The molecule has 0 aliphatic heterocycles. The van der Waals surface area contributed by atoms with Crippen molar-refractivity contribution in [2.45, 2.75) is 19.8 Å². The number of hydrogen-bond donors (Lipinski definition) is 1. The second-order valence-electron chi connectivity index (χ2n) is 3.68. The van der Waals surface area contributed by atoms with Gasteiger partial charge in [0.15, 0.2) is 5.78 Å². The minimum Gasteiger partial charge on any atom is -0.490 e. The van der Waals surface area contributed by atoms with Crippen LogP contribution in [0.25, 0.3) is 0 Å². The molecule has 0 amide bonds. The number of ketones is 1. The molecule has 1 rings (SSSR count). The van der Waals surface area contributed by atoms with E-state index in [-0.39, 0.29) is 5.78 Å². The fourth-order valence-corrected chi connectivity index (χ4v) is 1.33. The maximum absolute atomic E-state index is 11.2. The quantitative estimate of drug-likeness (QED) is 0.582. The summed E-state index contributed by atoms with van der Waals surface area (Å²) in [5.41, 5.74) is 0.501. The van der Waals surface area contributed by atoms with E-state index in [1.807, 2.05) is 6.08 Å². The lowest BCUT2D eigenvalue weighted by molar-refractivity contribution is 0.0903. The van der Waals surface area contributed by atoms with Crippen molar-refractivity contribution in [1.82, 2.24) is 0 Å². The number of carbonyl (C=O) groups is 1. The maximum Gasteiger partial charge on any atom is 0.188 e. The summed E-state index contributed by atoms with van der Waals surface area (Å²) in [6, 6.07) is 6.78. The molecular formula is C14H18O3. The minimum absolute atomic E-state index is 0.278. The largest absolute Gasteiger partial charge is 0.490 e. The molecule has 0 aliphatic rings. The van der Waals surface area contributed by atoms with Crippen molar-refractivity contribution in [3.8, 4) is 5.75 Å². The van der Waals surface area contributed by atoms with Gasteiger partial charge in [0.25, 0.3) is 0 Å². The van der Waals surface area contributed by atoms with E-state index in [2.05, 4.69) is 13.0 Å². The summed E-state index contributed by atoms with van der Waals surface area (Å²) < 4.78 is 5.46. The Kier molecular flexibility index (Phi) is 6.04. The second kappa shape index (κ2) is 7.63. The average Bonchev–Trinajstić information content (AvgIpc) is 2.38. The fourth-order valence-electron chi connectivity index (χ4n) is 1.33. The van der Waals surface area contributed by atoms with Crippen molar-refractivity contribution in [2.75, 3.05) is 13.2 Å². The first-order valence-electron chi connectivity index (χ1n) is 5.80. The number of benzene rings is 1. The third kappa shape index (κ3) is 4.83. The van der Waals surface area contributed by atoms with Crippen LogP contribution in [0, 0.1) is 0 Å². The molecule has 0 saturated heterocycles. The molecule has 1 N–H and O–H groups in total. The van der Waals surface area contributed by atoms with E-state index < -0.39 is 6.61 Å². The van der Waals surface area contributed by atoms with Crippen molar-refractivity contribution in [3.05, 3.63) is 42.0 Å². The van der Waals surface area contributed by atoms with Crippen molar-refractivity contribution < 1.29 is 14.6 Å². The number of ether oxygens (including phenoxy) is 1. The first kappa shape index (κ1) is 13.5. The Balaban J connectivity index is 2.43. The van der Waals surface area contributed by atoms with Gasteiger partial charge < -0.3 is 9.84 Å². The summed E-state index contributed by atoms with van der Waals surface area (Å²) in [5.74, 6) is 0.444. The molecule has 0 aliphatic carbocycles. The van der Waals surface area contributed by atoms with Crippen LogP contribution < -0.4 is 4.74 Å². The molecule has 0 heterocycles. The van der Waals surface area contributed by atoms with Crippen LogP contribution in [0.15, 0.2) is 36.4 Å². The molecule has 0 bridgehead atoms. The normalized spacial score (nSPS) is 10.7. The predicted molar refractivity (Wildman–Crippen MR) is 67.4 cm³/mol. The van der Waals surface area contributed by atoms with Crippen LogP contribution in [0.2, 0.25) is 0 Å². The molecule has 3 nitrogen and oxygen atoms in total. The van der Waals surface area contributed by atoms with E-state index in [1.165, 1.54) is 0 Å². The van der Waals surface area contributed by atoms with Crippen LogP contribution in [0.5, 0.6) is 5.75 Å². The maximum atomic E-state index is 11.2. The molecule has 0 aromatic heterocycles. The van der Waals surface area contributed by atoms with Crippen LogP contribution in [0.3, 0.4) is 0 Å². The van der Waals surface area contributed by atoms with Gasteiger partial charge >= 0.3 is 0 Å². The van der Waals surface area contributed by atoms with Crippen LogP contribution >= 0.6 is 0 Å². The number of aliphatic hydroxyl groups excluding tert-OH is 1. The Bertz CT molecular complexity index is 366. The van der Waals surface area contributed by atoms with Crippen molar-refractivity contribution in [2.24, 2.45) is 0 Å². The molecule has 3 heteroatoms. The molecule has 0 unspecified atom stereocenters. The van der Waals surface area contributed by atoms with Gasteiger partial charge in [-0.15, -0.1) is 0 Å². The number of Topliss-reactive ketones (excluding diaryl/α,β-unsaturated/α-hetero) is 1. The van der Waals surface area contributed by atoms with Gasteiger partial charge in [-0.3, -0.25) is 4.79 Å². The summed E-state index contributed by atoms with van der Waals surface area (Å²) in [6.07, 6.45) is 6.27. The van der Waals surface area contributed by atoms with Crippen LogP contribution in [-0.2, 0) is 0 Å². The molecule has 0 fully saturated rings. The van der Waals surface area contributed by atoms with Gasteiger partial charge in [0.2, 0.25) is 0 Å². The van der Waals surface area contributed by atoms with Gasteiger partial charge in [0.05, 0.1) is 0 Å². The Morgan fingerprint density at radius 1 is 1.29 bits per heavy atom. The molecule has 0 saturated carbocycles. The van der Waals surface area contributed by atoms with E-state index in [9.17, 15) is 4.79 Å². The van der Waals surface area contributed by atoms with E-state index in [1.54, 1.807) is 24.3 Å². The van der Waals surface area contributed by atoms with E-state index in [0.717, 1.165) is 18.6 Å². The number of carbonyl (C=O) groups excluding carboxylic acids is 1. The summed E-state index contributed by atoms with van der Waals surface area (Å²) >= 11 is 0. The Morgan fingerprint density at radius 3 is 2.59 bits per heavy atom. The van der Waals surface area contributed by atoms with Gasteiger partial charge in [-0.25, -0.2) is 0 Å². The predicted octanol–water partition coefficient (Wildman–Crippen LogP) is 2.60. The number of unbranched alkanes of at least 4 members (excludes halogenated alkanes) is 1. The highest BCUT2D eigenvalue weighted by Gasteiger charge is 2.03. The zero-order chi connectivity index (χ0) is 12.5. The molecule has 1 aromatic rings. The SMILES string of the molecule is CCCC=CCOc1ccc(C(=O)CO)cc1. The average molecular weight is 234 g/mol. The third-order valence-corrected chi connectivity index (χ3v) is 2.29. The number of rotatable bonds is 7. The van der Waals surface area contributed by atoms with E-state index >= 15 is 0 Å². The van der Waals surface area contributed by atoms with Crippen LogP contribution in [0.4, 0.5) is 0 Å². The highest BCUT2D eigenvalue weighted by atomic mass is 16.5. The molecular weight excluding hydrogens is 216 g/mol. The highest BCUT2D eigenvalue weighted by molar-refractivity contribution is 5.96.